The number of aliphatic hydroxyl groups excluding tert-OH is 1. The van der Waals surface area contributed by atoms with Gasteiger partial charge in [0.05, 0.1) is 19.8 Å². The predicted octanol–water partition coefficient (Wildman–Crippen LogP) is 17.3. The van der Waals surface area contributed by atoms with Gasteiger partial charge in [0.15, 0.2) is 6.10 Å². The molecular formula is C62H105O11P. The van der Waals surface area contributed by atoms with Gasteiger partial charge in [-0.2, -0.15) is 0 Å². The van der Waals surface area contributed by atoms with Gasteiger partial charge in [0.2, 0.25) is 0 Å². The molecule has 0 aromatic rings. The summed E-state index contributed by atoms with van der Waals surface area (Å²) in [6.45, 7) is 4.32. The van der Waals surface area contributed by atoms with Crippen LogP contribution >= 0.6 is 7.82 Å². The van der Waals surface area contributed by atoms with E-state index in [1.165, 1.54) is 83.5 Å². The standard InChI is InChI=1S/C62H105O11P/c1-4-7-10-13-16-19-22-25-27-29-31-34-37-40-43-46-49-52-61(65)72-58(54-63)56-70-74(67,68)71-57-59(55-69-60(64)51-48-45-42-39-36-33-24-21-18-15-12-9-6-3)73-62(66)53-50-47-44-41-38-35-32-30-28-26-23-20-17-14-11-8-5-2/h8-9,11-12,17-18,20-21,26,28,32-33,35-36,42,45,58-59,63H,4-7,10,13-16,19,22-25,27,29-31,34,37-41,43-44,46-57H2,1-3H3,(H,67,68)/b11-8-,12-9-,20-17-,21-18-,28-26-,35-32-,36-33-,45-42-. The minimum atomic E-state index is -4.77. The molecular weight excluding hydrogens is 952 g/mol. The van der Waals surface area contributed by atoms with Crippen LogP contribution in [0.1, 0.15) is 239 Å². The number of rotatable bonds is 53. The second-order valence-electron chi connectivity index (χ2n) is 19.0. The molecule has 0 bridgehead atoms. The Morgan fingerprint density at radius 1 is 0.392 bits per heavy atom. The maximum absolute atomic E-state index is 12.9. The van der Waals surface area contributed by atoms with Crippen LogP contribution < -0.4 is 0 Å². The number of carbonyl (C=O) groups excluding carboxylic acids is 3. The molecule has 0 aromatic carbocycles. The monoisotopic (exact) mass is 1060 g/mol. The lowest BCUT2D eigenvalue weighted by atomic mass is 10.0. The van der Waals surface area contributed by atoms with E-state index in [4.69, 9.17) is 23.3 Å². The maximum atomic E-state index is 12.9. The van der Waals surface area contributed by atoms with Crippen LogP contribution in [0.15, 0.2) is 97.2 Å². The fourth-order valence-corrected chi connectivity index (χ4v) is 8.44. The van der Waals surface area contributed by atoms with E-state index in [0.717, 1.165) is 96.3 Å². The third kappa shape index (κ3) is 53.2. The third-order valence-corrected chi connectivity index (χ3v) is 13.0. The van der Waals surface area contributed by atoms with Crippen molar-refractivity contribution in [2.45, 2.75) is 251 Å². The van der Waals surface area contributed by atoms with Gasteiger partial charge in [0.1, 0.15) is 12.7 Å². The van der Waals surface area contributed by atoms with E-state index in [9.17, 15) is 28.9 Å². The minimum absolute atomic E-state index is 0.0963. The first-order chi connectivity index (χ1) is 36.2. The molecule has 11 nitrogen and oxygen atoms in total. The molecule has 0 saturated heterocycles. The number of unbranched alkanes of at least 4 members (excludes halogenated alkanes) is 20. The Labute approximate surface area is 451 Å². The minimum Gasteiger partial charge on any atom is -0.462 e. The maximum Gasteiger partial charge on any atom is 0.472 e. The first kappa shape index (κ1) is 70.4. The zero-order valence-corrected chi connectivity index (χ0v) is 47.7. The fourth-order valence-electron chi connectivity index (χ4n) is 7.66. The van der Waals surface area contributed by atoms with Crippen molar-refractivity contribution in [3.05, 3.63) is 97.2 Å². The van der Waals surface area contributed by atoms with Crippen LogP contribution in [0.2, 0.25) is 0 Å². The van der Waals surface area contributed by atoms with Crippen molar-refractivity contribution < 1.29 is 52.2 Å². The van der Waals surface area contributed by atoms with E-state index in [2.05, 4.69) is 106 Å². The molecule has 3 unspecified atom stereocenters. The molecule has 0 aliphatic heterocycles. The summed E-state index contributed by atoms with van der Waals surface area (Å²) in [6, 6.07) is 0. The Hall–Kier alpha value is -3.60. The lowest BCUT2D eigenvalue weighted by Gasteiger charge is -2.21. The highest BCUT2D eigenvalue weighted by atomic mass is 31.2. The highest BCUT2D eigenvalue weighted by Gasteiger charge is 2.28. The summed E-state index contributed by atoms with van der Waals surface area (Å²) >= 11 is 0. The van der Waals surface area contributed by atoms with Crippen molar-refractivity contribution >= 4 is 25.7 Å². The smallest absolute Gasteiger partial charge is 0.462 e. The number of hydrogen-bond donors (Lipinski definition) is 2. The van der Waals surface area contributed by atoms with E-state index >= 15 is 0 Å². The third-order valence-electron chi connectivity index (χ3n) is 12.0. The van der Waals surface area contributed by atoms with Gasteiger partial charge in [-0.05, 0) is 83.5 Å². The largest absolute Gasteiger partial charge is 0.472 e. The van der Waals surface area contributed by atoms with Crippen LogP contribution in [0.4, 0.5) is 0 Å². The van der Waals surface area contributed by atoms with Gasteiger partial charge in [0, 0.05) is 19.3 Å². The number of phosphoric ester groups is 1. The van der Waals surface area contributed by atoms with E-state index < -0.39 is 57.8 Å². The van der Waals surface area contributed by atoms with Crippen LogP contribution in [0.3, 0.4) is 0 Å². The van der Waals surface area contributed by atoms with Gasteiger partial charge in [-0.1, -0.05) is 234 Å². The Bertz CT molecular complexity index is 1610. The number of phosphoric acid groups is 1. The van der Waals surface area contributed by atoms with Crippen molar-refractivity contribution in [1.29, 1.82) is 0 Å². The highest BCUT2D eigenvalue weighted by Crippen LogP contribution is 2.43. The SMILES string of the molecule is CC/C=C\C/C=C\C/C=C\C/C=C\CCCCCCC(=O)OC(COC(=O)CC/C=C\C/C=C\C/C=C\C/C=C\CC)COP(=O)(O)OCC(CO)OC(=O)CCCCCCCCCCCCCCCCCCC. The summed E-state index contributed by atoms with van der Waals surface area (Å²) in [5.41, 5.74) is 0. The number of aliphatic hydroxyl groups is 1. The van der Waals surface area contributed by atoms with Crippen molar-refractivity contribution in [3.63, 3.8) is 0 Å². The van der Waals surface area contributed by atoms with E-state index in [-0.39, 0.29) is 25.9 Å². The predicted molar refractivity (Wildman–Crippen MR) is 307 cm³/mol. The van der Waals surface area contributed by atoms with Crippen LogP contribution in [0.5, 0.6) is 0 Å². The molecule has 0 aromatic heterocycles. The molecule has 2 N–H and O–H groups in total. The number of allylic oxidation sites excluding steroid dienone is 16. The molecule has 424 valence electrons. The summed E-state index contributed by atoms with van der Waals surface area (Å²) < 4.78 is 39.4. The van der Waals surface area contributed by atoms with Gasteiger partial charge < -0.3 is 24.2 Å². The van der Waals surface area contributed by atoms with Crippen LogP contribution in [-0.4, -0.2) is 66.5 Å². The number of hydrogen-bond acceptors (Lipinski definition) is 10. The number of carbonyl (C=O) groups is 3. The van der Waals surface area contributed by atoms with Gasteiger partial charge in [-0.25, -0.2) is 4.57 Å². The average Bonchev–Trinajstić information content (AvgIpc) is 3.39. The molecule has 0 aliphatic rings. The Kier molecular flexibility index (Phi) is 52.9. The van der Waals surface area contributed by atoms with Gasteiger partial charge in [-0.15, -0.1) is 0 Å². The molecule has 0 spiro atoms. The molecule has 0 rings (SSSR count). The van der Waals surface area contributed by atoms with Crippen molar-refractivity contribution in [2.75, 3.05) is 26.4 Å². The molecule has 0 radical (unpaired) electrons. The lowest BCUT2D eigenvalue weighted by Crippen LogP contribution is -2.30. The Morgan fingerprint density at radius 3 is 1.14 bits per heavy atom. The molecule has 0 aliphatic carbocycles. The summed E-state index contributed by atoms with van der Waals surface area (Å²) in [7, 11) is -4.77. The second kappa shape index (κ2) is 55.6. The summed E-state index contributed by atoms with van der Waals surface area (Å²) in [5, 5.41) is 9.82. The number of esters is 3. The quantitative estimate of drug-likeness (QED) is 0.0197. The first-order valence-corrected chi connectivity index (χ1v) is 30.6. The topological polar surface area (TPSA) is 155 Å². The lowest BCUT2D eigenvalue weighted by molar-refractivity contribution is -0.161. The number of ether oxygens (including phenoxy) is 3. The second-order valence-corrected chi connectivity index (χ2v) is 20.5. The van der Waals surface area contributed by atoms with E-state index in [1.807, 2.05) is 12.2 Å². The van der Waals surface area contributed by atoms with E-state index in [1.54, 1.807) is 0 Å². The molecule has 0 amide bonds. The zero-order chi connectivity index (χ0) is 54.1. The van der Waals surface area contributed by atoms with Crippen LogP contribution in [0, 0.1) is 0 Å². The zero-order valence-electron chi connectivity index (χ0n) is 46.8. The van der Waals surface area contributed by atoms with Crippen LogP contribution in [0.25, 0.3) is 0 Å². The molecule has 0 saturated carbocycles. The van der Waals surface area contributed by atoms with Crippen molar-refractivity contribution in [2.24, 2.45) is 0 Å². The normalized spacial score (nSPS) is 14.1. The van der Waals surface area contributed by atoms with Crippen molar-refractivity contribution in [3.8, 4) is 0 Å². The van der Waals surface area contributed by atoms with E-state index in [0.29, 0.717) is 19.3 Å². The molecule has 0 heterocycles. The van der Waals surface area contributed by atoms with Gasteiger partial charge >= 0.3 is 25.7 Å². The summed E-state index contributed by atoms with van der Waals surface area (Å²) in [6.07, 6.45) is 65.3. The van der Waals surface area contributed by atoms with Crippen molar-refractivity contribution in [1.82, 2.24) is 0 Å². The summed E-state index contributed by atoms with van der Waals surface area (Å²) in [4.78, 5) is 48.5. The van der Waals surface area contributed by atoms with Crippen LogP contribution in [-0.2, 0) is 42.2 Å². The highest BCUT2D eigenvalue weighted by molar-refractivity contribution is 7.47. The molecule has 74 heavy (non-hydrogen) atoms. The summed E-state index contributed by atoms with van der Waals surface area (Å²) in [5.74, 6) is -1.59. The first-order valence-electron chi connectivity index (χ1n) is 29.1. The van der Waals surface area contributed by atoms with Gasteiger partial charge in [0.25, 0.3) is 0 Å². The molecule has 0 fully saturated rings. The molecule has 12 heteroatoms. The Morgan fingerprint density at radius 2 is 0.730 bits per heavy atom. The average molecular weight is 1060 g/mol. The Balaban J connectivity index is 4.78. The molecule has 3 atom stereocenters. The fraction of sp³-hybridized carbons (Fsp3) is 0.694. The van der Waals surface area contributed by atoms with Gasteiger partial charge in [-0.3, -0.25) is 23.4 Å².